The van der Waals surface area contributed by atoms with Crippen LogP contribution in [0.25, 0.3) is 5.69 Å². The number of likely N-dealkylation sites (tertiary alicyclic amines) is 1. The van der Waals surface area contributed by atoms with E-state index in [0.29, 0.717) is 37.3 Å². The summed E-state index contributed by atoms with van der Waals surface area (Å²) in [5.74, 6) is -0.810. The van der Waals surface area contributed by atoms with Crippen molar-refractivity contribution in [3.8, 4) is 5.69 Å². The van der Waals surface area contributed by atoms with E-state index < -0.39 is 0 Å². The lowest BCUT2D eigenvalue weighted by atomic mass is 9.97. The summed E-state index contributed by atoms with van der Waals surface area (Å²) >= 11 is 0. The lowest BCUT2D eigenvalue weighted by Crippen LogP contribution is -2.40. The monoisotopic (exact) mass is 448 g/mol. The van der Waals surface area contributed by atoms with Gasteiger partial charge in [-0.25, -0.2) is 0 Å². The van der Waals surface area contributed by atoms with E-state index in [0.717, 1.165) is 17.1 Å². The number of benzene rings is 1. The molecule has 0 N–H and O–H groups in total. The van der Waals surface area contributed by atoms with Crippen LogP contribution in [0.3, 0.4) is 0 Å². The molecule has 3 aromatic rings. The zero-order valence-electron chi connectivity index (χ0n) is 19.2. The van der Waals surface area contributed by atoms with Gasteiger partial charge < -0.3 is 18.6 Å². The summed E-state index contributed by atoms with van der Waals surface area (Å²) in [4.78, 5) is 39.4. The lowest BCUT2D eigenvalue weighted by Gasteiger charge is -2.30. The van der Waals surface area contributed by atoms with Crippen molar-refractivity contribution in [2.24, 2.45) is 5.92 Å². The number of rotatable bonds is 6. The third kappa shape index (κ3) is 4.77. The molecule has 7 nitrogen and oxygen atoms in total. The third-order valence-electron chi connectivity index (χ3n) is 6.22. The zero-order valence-corrected chi connectivity index (χ0v) is 19.2. The number of piperidine rings is 1. The zero-order chi connectivity index (χ0) is 23.5. The highest BCUT2D eigenvalue weighted by atomic mass is 16.5. The molecular weight excluding hydrogens is 420 g/mol. The molecule has 1 aliphatic heterocycles. The van der Waals surface area contributed by atoms with Gasteiger partial charge in [0.1, 0.15) is 0 Å². The maximum atomic E-state index is 12.8. The first-order valence-corrected chi connectivity index (χ1v) is 11.1. The van der Waals surface area contributed by atoms with E-state index in [-0.39, 0.29) is 30.2 Å². The van der Waals surface area contributed by atoms with Crippen LogP contribution < -0.4 is 0 Å². The van der Waals surface area contributed by atoms with Crippen molar-refractivity contribution in [2.75, 3.05) is 19.7 Å². The van der Waals surface area contributed by atoms with Crippen molar-refractivity contribution in [3.63, 3.8) is 0 Å². The fraction of sp³-hybridized carbons (Fsp3) is 0.346. The molecule has 0 atom stereocenters. The Hall–Kier alpha value is -3.61. The molecule has 1 fully saturated rings. The largest absolute Gasteiger partial charge is 0.459 e. The summed E-state index contributed by atoms with van der Waals surface area (Å²) in [6, 6.07) is 13.2. The Morgan fingerprint density at radius 1 is 1.03 bits per heavy atom. The molecule has 0 aliphatic carbocycles. The number of carbonyl (C=O) groups excluding carboxylic acids is 3. The molecular formula is C26H28N2O5. The summed E-state index contributed by atoms with van der Waals surface area (Å²) in [5, 5.41) is 0. The number of Topliss-reactive ketones (excluding diaryl/α,β-unsaturated/α-hetero) is 1. The molecule has 0 saturated carbocycles. The second kappa shape index (κ2) is 9.48. The number of ether oxygens (including phenoxy) is 1. The Morgan fingerprint density at radius 3 is 2.36 bits per heavy atom. The van der Waals surface area contributed by atoms with Crippen LogP contribution in [0.5, 0.6) is 0 Å². The van der Waals surface area contributed by atoms with E-state index in [4.69, 9.17) is 9.15 Å². The Bertz CT molecular complexity index is 1150. The molecule has 7 heteroatoms. The second-order valence-corrected chi connectivity index (χ2v) is 8.53. The van der Waals surface area contributed by atoms with Gasteiger partial charge >= 0.3 is 5.97 Å². The first-order valence-electron chi connectivity index (χ1n) is 11.1. The van der Waals surface area contributed by atoms with E-state index in [1.54, 1.807) is 17.0 Å². The SMILES string of the molecule is Cc1ccc(-n2c(C)cc(C(=O)COC(=O)C3CCN(C(=O)c4ccco4)CC3)c2C)cc1. The van der Waals surface area contributed by atoms with Crippen LogP contribution in [0.1, 0.15) is 50.7 Å². The van der Waals surface area contributed by atoms with Crippen molar-refractivity contribution in [1.29, 1.82) is 0 Å². The third-order valence-corrected chi connectivity index (χ3v) is 6.22. The molecule has 2 aromatic heterocycles. The number of aromatic nitrogens is 1. The lowest BCUT2D eigenvalue weighted by molar-refractivity contribution is -0.148. The average Bonchev–Trinajstić information content (AvgIpc) is 3.46. The van der Waals surface area contributed by atoms with Crippen LogP contribution in [0.2, 0.25) is 0 Å². The maximum absolute atomic E-state index is 12.8. The van der Waals surface area contributed by atoms with Crippen LogP contribution >= 0.6 is 0 Å². The summed E-state index contributed by atoms with van der Waals surface area (Å²) in [5.41, 5.74) is 4.48. The number of nitrogens with zero attached hydrogens (tertiary/aromatic N) is 2. The van der Waals surface area contributed by atoms with Gasteiger partial charge in [0.05, 0.1) is 12.2 Å². The molecule has 3 heterocycles. The molecule has 1 aromatic carbocycles. The van der Waals surface area contributed by atoms with E-state index in [1.165, 1.54) is 11.8 Å². The summed E-state index contributed by atoms with van der Waals surface area (Å²) < 4.78 is 12.6. The van der Waals surface area contributed by atoms with E-state index in [1.807, 2.05) is 55.7 Å². The highest BCUT2D eigenvalue weighted by Gasteiger charge is 2.30. The minimum atomic E-state index is -0.388. The smallest absolute Gasteiger partial charge is 0.309 e. The molecule has 0 unspecified atom stereocenters. The van der Waals surface area contributed by atoms with Crippen molar-refractivity contribution in [3.05, 3.63) is 77.0 Å². The van der Waals surface area contributed by atoms with Crippen molar-refractivity contribution >= 4 is 17.7 Å². The van der Waals surface area contributed by atoms with Gasteiger partial charge in [-0.1, -0.05) is 17.7 Å². The molecule has 0 bridgehead atoms. The van der Waals surface area contributed by atoms with Crippen LogP contribution in [0.4, 0.5) is 0 Å². The quantitative estimate of drug-likeness (QED) is 0.415. The fourth-order valence-electron chi connectivity index (χ4n) is 4.34. The molecule has 4 rings (SSSR count). The number of ketones is 1. The van der Waals surface area contributed by atoms with Gasteiger partial charge in [0.2, 0.25) is 5.78 Å². The first kappa shape index (κ1) is 22.6. The van der Waals surface area contributed by atoms with Gasteiger partial charge in [-0.05, 0) is 63.9 Å². The first-order chi connectivity index (χ1) is 15.8. The predicted octanol–water partition coefficient (Wildman–Crippen LogP) is 4.27. The van der Waals surface area contributed by atoms with Crippen LogP contribution in [-0.2, 0) is 9.53 Å². The van der Waals surface area contributed by atoms with E-state index in [9.17, 15) is 14.4 Å². The number of furan rings is 1. The van der Waals surface area contributed by atoms with Gasteiger partial charge in [0, 0.05) is 35.7 Å². The molecule has 1 saturated heterocycles. The Labute approximate surface area is 192 Å². The predicted molar refractivity (Wildman–Crippen MR) is 123 cm³/mol. The number of esters is 1. The highest BCUT2D eigenvalue weighted by molar-refractivity contribution is 5.99. The number of carbonyl (C=O) groups is 3. The standard InChI is InChI=1S/C26H28N2O5/c1-17-6-8-21(9-7-17)28-18(2)15-22(19(28)3)23(29)16-33-26(31)20-10-12-27(13-11-20)25(30)24-5-4-14-32-24/h4-9,14-15,20H,10-13,16H2,1-3H3. The Balaban J connectivity index is 1.33. The second-order valence-electron chi connectivity index (χ2n) is 8.53. The molecule has 1 amide bonds. The molecule has 0 spiro atoms. The van der Waals surface area contributed by atoms with Gasteiger partial charge in [-0.2, -0.15) is 0 Å². The van der Waals surface area contributed by atoms with Crippen molar-refractivity contribution in [2.45, 2.75) is 33.6 Å². The summed E-state index contributed by atoms with van der Waals surface area (Å²) in [6.45, 7) is 6.49. The van der Waals surface area contributed by atoms with E-state index in [2.05, 4.69) is 0 Å². The normalized spacial score (nSPS) is 14.3. The summed E-state index contributed by atoms with van der Waals surface area (Å²) in [6.07, 6.45) is 2.47. The minimum Gasteiger partial charge on any atom is -0.459 e. The van der Waals surface area contributed by atoms with Gasteiger partial charge in [0.25, 0.3) is 5.91 Å². The molecule has 33 heavy (non-hydrogen) atoms. The number of amides is 1. The Morgan fingerprint density at radius 2 is 1.73 bits per heavy atom. The number of hydrogen-bond acceptors (Lipinski definition) is 5. The van der Waals surface area contributed by atoms with Crippen molar-refractivity contribution < 1.29 is 23.5 Å². The van der Waals surface area contributed by atoms with Crippen LogP contribution in [0, 0.1) is 26.7 Å². The van der Waals surface area contributed by atoms with Crippen LogP contribution in [0.15, 0.2) is 53.1 Å². The molecule has 1 aliphatic rings. The van der Waals surface area contributed by atoms with E-state index >= 15 is 0 Å². The Kier molecular flexibility index (Phi) is 6.49. The van der Waals surface area contributed by atoms with Crippen LogP contribution in [-0.4, -0.2) is 46.8 Å². The minimum absolute atomic E-state index is 0.175. The van der Waals surface area contributed by atoms with Gasteiger partial charge in [0.15, 0.2) is 12.4 Å². The average molecular weight is 449 g/mol. The van der Waals surface area contributed by atoms with Gasteiger partial charge in [-0.3, -0.25) is 14.4 Å². The number of hydrogen-bond donors (Lipinski definition) is 0. The van der Waals surface area contributed by atoms with Crippen molar-refractivity contribution in [1.82, 2.24) is 9.47 Å². The number of aryl methyl sites for hydroxylation is 2. The topological polar surface area (TPSA) is 81.8 Å². The molecule has 0 radical (unpaired) electrons. The summed E-state index contributed by atoms with van der Waals surface area (Å²) in [7, 11) is 0. The highest BCUT2D eigenvalue weighted by Crippen LogP contribution is 2.23. The van der Waals surface area contributed by atoms with Gasteiger partial charge in [-0.15, -0.1) is 0 Å². The maximum Gasteiger partial charge on any atom is 0.309 e. The molecule has 172 valence electrons. The fourth-order valence-corrected chi connectivity index (χ4v) is 4.34.